The van der Waals surface area contributed by atoms with Crippen LogP contribution in [0.25, 0.3) is 0 Å². The normalized spacial score (nSPS) is 22.6. The monoisotopic (exact) mass is 212 g/mol. The molecule has 0 bridgehead atoms. The first-order valence-corrected chi connectivity index (χ1v) is 6.95. The predicted octanol–water partition coefficient (Wildman–Crippen LogP) is 4.29. The highest BCUT2D eigenvalue weighted by atomic mass is 16.3. The fraction of sp³-hybridized carbons (Fsp3) is 1.00. The Kier molecular flexibility index (Phi) is 5.66. The summed E-state index contributed by atoms with van der Waals surface area (Å²) < 4.78 is 0. The van der Waals surface area contributed by atoms with Gasteiger partial charge in [0.1, 0.15) is 0 Å². The van der Waals surface area contributed by atoms with Crippen LogP contribution in [0.2, 0.25) is 0 Å². The number of rotatable bonds is 6. The minimum atomic E-state index is -0.338. The molecule has 1 N–H and O–H groups in total. The Morgan fingerprint density at radius 3 is 2.27 bits per heavy atom. The molecular weight excluding hydrogens is 184 g/mol. The molecule has 1 rings (SSSR count). The fourth-order valence-corrected chi connectivity index (χ4v) is 2.99. The maximum Gasteiger partial charge on any atom is 0.0673 e. The van der Waals surface area contributed by atoms with E-state index >= 15 is 0 Å². The molecule has 0 aromatic carbocycles. The van der Waals surface area contributed by atoms with Gasteiger partial charge in [0.2, 0.25) is 0 Å². The molecule has 0 aromatic rings. The van der Waals surface area contributed by atoms with E-state index in [1.807, 2.05) is 0 Å². The highest BCUT2D eigenvalue weighted by Crippen LogP contribution is 2.37. The van der Waals surface area contributed by atoms with Crippen LogP contribution in [0, 0.1) is 5.92 Å². The summed E-state index contributed by atoms with van der Waals surface area (Å²) in [6.45, 7) is 4.38. The summed E-state index contributed by atoms with van der Waals surface area (Å²) in [6, 6.07) is 0. The molecule has 0 aromatic heterocycles. The summed E-state index contributed by atoms with van der Waals surface area (Å²) in [6.07, 6.45) is 12.3. The Morgan fingerprint density at radius 2 is 1.73 bits per heavy atom. The van der Waals surface area contributed by atoms with E-state index in [1.165, 1.54) is 51.4 Å². The Labute approximate surface area is 95.3 Å². The van der Waals surface area contributed by atoms with E-state index in [1.54, 1.807) is 0 Å². The van der Waals surface area contributed by atoms with Crippen molar-refractivity contribution in [3.05, 3.63) is 0 Å². The minimum absolute atomic E-state index is 0.338. The van der Waals surface area contributed by atoms with Gasteiger partial charge in [-0.25, -0.2) is 0 Å². The second-order valence-electron chi connectivity index (χ2n) is 5.25. The number of hydrogen-bond donors (Lipinski definition) is 1. The van der Waals surface area contributed by atoms with Crippen molar-refractivity contribution >= 4 is 0 Å². The van der Waals surface area contributed by atoms with E-state index in [9.17, 15) is 5.11 Å². The van der Waals surface area contributed by atoms with E-state index in [2.05, 4.69) is 13.8 Å². The molecule has 0 radical (unpaired) electrons. The Hall–Kier alpha value is -0.0400. The van der Waals surface area contributed by atoms with Crippen LogP contribution in [-0.2, 0) is 0 Å². The van der Waals surface area contributed by atoms with Crippen molar-refractivity contribution in [3.63, 3.8) is 0 Å². The molecule has 1 atom stereocenters. The van der Waals surface area contributed by atoms with Crippen molar-refractivity contribution < 1.29 is 5.11 Å². The maximum atomic E-state index is 10.7. The third kappa shape index (κ3) is 3.79. The molecule has 1 nitrogen and oxygen atoms in total. The zero-order chi connectivity index (χ0) is 11.1. The molecule has 1 aliphatic carbocycles. The molecule has 1 aliphatic rings. The molecule has 90 valence electrons. The topological polar surface area (TPSA) is 20.2 Å². The van der Waals surface area contributed by atoms with Gasteiger partial charge >= 0.3 is 0 Å². The summed E-state index contributed by atoms with van der Waals surface area (Å²) in [7, 11) is 0. The molecular formula is C14H28O. The van der Waals surface area contributed by atoms with Gasteiger partial charge in [0.15, 0.2) is 0 Å². The van der Waals surface area contributed by atoms with Crippen LogP contribution in [0.5, 0.6) is 0 Å². The number of hydrogen-bond acceptors (Lipinski definition) is 1. The Morgan fingerprint density at radius 1 is 1.07 bits per heavy atom. The van der Waals surface area contributed by atoms with Crippen molar-refractivity contribution in [2.24, 2.45) is 5.92 Å². The highest BCUT2D eigenvalue weighted by molar-refractivity contribution is 4.86. The van der Waals surface area contributed by atoms with Crippen molar-refractivity contribution in [2.45, 2.75) is 83.7 Å². The molecule has 0 amide bonds. The summed E-state index contributed by atoms with van der Waals surface area (Å²) in [4.78, 5) is 0. The van der Waals surface area contributed by atoms with E-state index in [0.717, 1.165) is 12.8 Å². The van der Waals surface area contributed by atoms with E-state index in [4.69, 9.17) is 0 Å². The van der Waals surface area contributed by atoms with Gasteiger partial charge in [-0.3, -0.25) is 0 Å². The zero-order valence-electron chi connectivity index (χ0n) is 10.6. The highest BCUT2D eigenvalue weighted by Gasteiger charge is 2.34. The summed E-state index contributed by atoms with van der Waals surface area (Å²) >= 11 is 0. The molecule has 0 aliphatic heterocycles. The van der Waals surface area contributed by atoms with Gasteiger partial charge < -0.3 is 5.11 Å². The number of unbranched alkanes of at least 4 members (excludes halogenated alkanes) is 2. The lowest BCUT2D eigenvalue weighted by Gasteiger charge is -2.38. The standard InChI is InChI=1S/C14H28O/c1-3-5-9-12-14(15,4-2)13-10-7-6-8-11-13/h13,15H,3-12H2,1-2H3. The van der Waals surface area contributed by atoms with Crippen LogP contribution >= 0.6 is 0 Å². The lowest BCUT2D eigenvalue weighted by molar-refractivity contribution is -0.0449. The van der Waals surface area contributed by atoms with E-state index in [0.29, 0.717) is 5.92 Å². The molecule has 1 fully saturated rings. The zero-order valence-corrected chi connectivity index (χ0v) is 10.6. The summed E-state index contributed by atoms with van der Waals surface area (Å²) in [5, 5.41) is 10.7. The first-order chi connectivity index (χ1) is 7.23. The Balaban J connectivity index is 2.41. The molecule has 0 saturated heterocycles. The fourth-order valence-electron chi connectivity index (χ4n) is 2.99. The van der Waals surface area contributed by atoms with Crippen LogP contribution in [-0.4, -0.2) is 10.7 Å². The summed E-state index contributed by atoms with van der Waals surface area (Å²) in [5.74, 6) is 0.591. The summed E-state index contributed by atoms with van der Waals surface area (Å²) in [5.41, 5.74) is -0.338. The van der Waals surface area contributed by atoms with Gasteiger partial charge in [0.05, 0.1) is 5.60 Å². The number of aliphatic hydroxyl groups is 1. The molecule has 1 saturated carbocycles. The van der Waals surface area contributed by atoms with Crippen molar-refractivity contribution in [1.82, 2.24) is 0 Å². The SMILES string of the molecule is CCCCCC(O)(CC)C1CCCCC1. The Bertz CT molecular complexity index is 161. The van der Waals surface area contributed by atoms with Crippen LogP contribution < -0.4 is 0 Å². The first kappa shape index (κ1) is 13.0. The molecule has 1 unspecified atom stereocenters. The lowest BCUT2D eigenvalue weighted by Crippen LogP contribution is -2.38. The molecule has 1 heteroatoms. The van der Waals surface area contributed by atoms with Crippen LogP contribution in [0.3, 0.4) is 0 Å². The predicted molar refractivity (Wildman–Crippen MR) is 66.0 cm³/mol. The van der Waals surface area contributed by atoms with Gasteiger partial charge in [-0.2, -0.15) is 0 Å². The van der Waals surface area contributed by atoms with Gasteiger partial charge in [-0.05, 0) is 31.6 Å². The molecule has 0 spiro atoms. The third-order valence-corrected chi connectivity index (χ3v) is 4.19. The smallest absolute Gasteiger partial charge is 0.0673 e. The largest absolute Gasteiger partial charge is 0.390 e. The van der Waals surface area contributed by atoms with Gasteiger partial charge in [-0.15, -0.1) is 0 Å². The average molecular weight is 212 g/mol. The van der Waals surface area contributed by atoms with Crippen LogP contribution in [0.15, 0.2) is 0 Å². The van der Waals surface area contributed by atoms with Crippen molar-refractivity contribution in [2.75, 3.05) is 0 Å². The van der Waals surface area contributed by atoms with Gasteiger partial charge in [0, 0.05) is 0 Å². The van der Waals surface area contributed by atoms with Crippen molar-refractivity contribution in [3.8, 4) is 0 Å². The quantitative estimate of drug-likeness (QED) is 0.651. The first-order valence-electron chi connectivity index (χ1n) is 6.95. The third-order valence-electron chi connectivity index (χ3n) is 4.19. The second kappa shape index (κ2) is 6.52. The molecule has 15 heavy (non-hydrogen) atoms. The van der Waals surface area contributed by atoms with Crippen LogP contribution in [0.1, 0.15) is 78.1 Å². The van der Waals surface area contributed by atoms with E-state index in [-0.39, 0.29) is 5.60 Å². The van der Waals surface area contributed by atoms with E-state index < -0.39 is 0 Å². The second-order valence-corrected chi connectivity index (χ2v) is 5.25. The average Bonchev–Trinajstić information content (AvgIpc) is 2.30. The maximum absolute atomic E-state index is 10.7. The lowest BCUT2D eigenvalue weighted by atomic mass is 9.73. The minimum Gasteiger partial charge on any atom is -0.390 e. The van der Waals surface area contributed by atoms with Crippen molar-refractivity contribution in [1.29, 1.82) is 0 Å². The van der Waals surface area contributed by atoms with Gasteiger partial charge in [-0.1, -0.05) is 52.4 Å². The molecule has 0 heterocycles. The van der Waals surface area contributed by atoms with Crippen LogP contribution in [0.4, 0.5) is 0 Å². The van der Waals surface area contributed by atoms with Gasteiger partial charge in [0.25, 0.3) is 0 Å².